The van der Waals surface area contributed by atoms with E-state index < -0.39 is 6.04 Å². The third-order valence-corrected chi connectivity index (χ3v) is 6.22. The van der Waals surface area contributed by atoms with Gasteiger partial charge < -0.3 is 10.2 Å². The Morgan fingerprint density at radius 1 is 1.10 bits per heavy atom. The molecule has 0 spiro atoms. The van der Waals surface area contributed by atoms with E-state index in [4.69, 9.17) is 11.6 Å². The molecule has 1 aliphatic carbocycles. The summed E-state index contributed by atoms with van der Waals surface area (Å²) in [6.45, 7) is 4.24. The normalized spacial score (nSPS) is 15.4. The zero-order valence-electron chi connectivity index (χ0n) is 17.9. The van der Waals surface area contributed by atoms with Crippen LogP contribution in [0.5, 0.6) is 0 Å². The van der Waals surface area contributed by atoms with Crippen molar-refractivity contribution in [1.82, 2.24) is 10.2 Å². The van der Waals surface area contributed by atoms with Gasteiger partial charge in [0.1, 0.15) is 6.04 Å². The van der Waals surface area contributed by atoms with E-state index in [2.05, 4.69) is 11.4 Å². The molecule has 0 heterocycles. The minimum absolute atomic E-state index is 0.0814. The van der Waals surface area contributed by atoms with E-state index in [1.54, 1.807) is 11.0 Å². The molecular weight excluding hydrogens is 396 g/mol. The van der Waals surface area contributed by atoms with E-state index in [9.17, 15) is 9.59 Å². The van der Waals surface area contributed by atoms with Crippen molar-refractivity contribution in [3.8, 4) is 0 Å². The second kappa shape index (κ2) is 10.6. The van der Waals surface area contributed by atoms with Crippen LogP contribution in [-0.4, -0.2) is 28.8 Å². The molecule has 1 atom stereocenters. The number of amides is 2. The molecule has 4 nitrogen and oxygen atoms in total. The summed E-state index contributed by atoms with van der Waals surface area (Å²) in [4.78, 5) is 28.0. The molecule has 3 rings (SSSR count). The number of carbonyl (C=O) groups is 2. The zero-order valence-corrected chi connectivity index (χ0v) is 18.6. The average molecular weight is 427 g/mol. The second-order valence-corrected chi connectivity index (χ2v) is 8.71. The molecule has 2 aromatic carbocycles. The molecule has 0 radical (unpaired) electrons. The second-order valence-electron chi connectivity index (χ2n) is 8.30. The van der Waals surface area contributed by atoms with Crippen molar-refractivity contribution in [3.05, 3.63) is 70.2 Å². The fraction of sp³-hybridized carbons (Fsp3) is 0.440. The lowest BCUT2D eigenvalue weighted by Crippen LogP contribution is -2.50. The number of halogens is 1. The van der Waals surface area contributed by atoms with Crippen molar-refractivity contribution in [2.75, 3.05) is 0 Å². The molecule has 1 aliphatic rings. The average Bonchev–Trinajstić information content (AvgIpc) is 2.74. The van der Waals surface area contributed by atoms with E-state index in [1.165, 1.54) is 6.42 Å². The number of nitrogens with zero attached hydrogens (tertiary/aromatic N) is 1. The zero-order chi connectivity index (χ0) is 21.5. The third kappa shape index (κ3) is 6.09. The molecule has 1 fully saturated rings. The van der Waals surface area contributed by atoms with Gasteiger partial charge in [-0.1, -0.05) is 78.9 Å². The third-order valence-electron chi connectivity index (χ3n) is 5.85. The fourth-order valence-corrected chi connectivity index (χ4v) is 4.27. The molecule has 0 aromatic heterocycles. The molecule has 2 aromatic rings. The van der Waals surface area contributed by atoms with Crippen molar-refractivity contribution < 1.29 is 9.59 Å². The van der Waals surface area contributed by atoms with Crippen molar-refractivity contribution >= 4 is 23.4 Å². The Kier molecular flexibility index (Phi) is 7.92. The number of carbonyl (C=O) groups excluding carboxylic acids is 2. The van der Waals surface area contributed by atoms with E-state index in [1.807, 2.05) is 50.2 Å². The minimum atomic E-state index is -0.553. The molecule has 2 amide bonds. The SMILES string of the molecule is Cc1cccc(CN(C(=O)Cc2ccccc2Cl)[C@H](C)C(=O)NC2CCCCC2)c1. The summed E-state index contributed by atoms with van der Waals surface area (Å²) in [6, 6.07) is 15.1. The van der Waals surface area contributed by atoms with Crippen LogP contribution < -0.4 is 5.32 Å². The van der Waals surface area contributed by atoms with Crippen molar-refractivity contribution in [2.45, 2.75) is 71.0 Å². The van der Waals surface area contributed by atoms with Crippen molar-refractivity contribution in [3.63, 3.8) is 0 Å². The molecule has 0 aliphatic heterocycles. The van der Waals surface area contributed by atoms with E-state index in [0.717, 1.165) is 42.4 Å². The Morgan fingerprint density at radius 2 is 1.83 bits per heavy atom. The number of nitrogens with one attached hydrogen (secondary N) is 1. The minimum Gasteiger partial charge on any atom is -0.352 e. The predicted molar refractivity (Wildman–Crippen MR) is 121 cm³/mol. The van der Waals surface area contributed by atoms with Crippen LogP contribution in [0.2, 0.25) is 5.02 Å². The molecule has 0 bridgehead atoms. The summed E-state index contributed by atoms with van der Waals surface area (Å²) in [6.07, 6.45) is 5.74. The maximum atomic E-state index is 13.3. The lowest BCUT2D eigenvalue weighted by atomic mass is 9.95. The molecule has 1 saturated carbocycles. The Labute approximate surface area is 184 Å². The van der Waals surface area contributed by atoms with Crippen LogP contribution in [0.15, 0.2) is 48.5 Å². The molecular formula is C25H31ClN2O2. The number of benzene rings is 2. The summed E-state index contributed by atoms with van der Waals surface area (Å²) >= 11 is 6.27. The van der Waals surface area contributed by atoms with Gasteiger partial charge in [-0.25, -0.2) is 0 Å². The highest BCUT2D eigenvalue weighted by atomic mass is 35.5. The Bertz CT molecular complexity index is 877. The molecule has 160 valence electrons. The van der Waals surface area contributed by atoms with Crippen LogP contribution >= 0.6 is 11.6 Å². The van der Waals surface area contributed by atoms with Crippen molar-refractivity contribution in [1.29, 1.82) is 0 Å². The van der Waals surface area contributed by atoms with Gasteiger partial charge in [-0.2, -0.15) is 0 Å². The van der Waals surface area contributed by atoms with E-state index in [0.29, 0.717) is 11.6 Å². The first kappa shape index (κ1) is 22.4. The molecule has 1 N–H and O–H groups in total. The monoisotopic (exact) mass is 426 g/mol. The van der Waals surface area contributed by atoms with Gasteiger partial charge in [-0.05, 0) is 43.9 Å². The van der Waals surface area contributed by atoms with E-state index in [-0.39, 0.29) is 24.3 Å². The van der Waals surface area contributed by atoms with Gasteiger partial charge >= 0.3 is 0 Å². The van der Waals surface area contributed by atoms with Gasteiger partial charge in [-0.3, -0.25) is 9.59 Å². The van der Waals surface area contributed by atoms with Crippen LogP contribution in [0.1, 0.15) is 55.7 Å². The summed E-state index contributed by atoms with van der Waals surface area (Å²) in [5, 5.41) is 3.74. The maximum absolute atomic E-state index is 13.3. The van der Waals surface area contributed by atoms with Crippen LogP contribution in [0.25, 0.3) is 0 Å². The number of rotatable bonds is 7. The first-order chi connectivity index (χ1) is 14.4. The Balaban J connectivity index is 1.77. The highest BCUT2D eigenvalue weighted by Crippen LogP contribution is 2.20. The van der Waals surface area contributed by atoms with Gasteiger partial charge in [0.2, 0.25) is 11.8 Å². The topological polar surface area (TPSA) is 49.4 Å². The number of hydrogen-bond acceptors (Lipinski definition) is 2. The molecule has 0 unspecified atom stereocenters. The summed E-state index contributed by atoms with van der Waals surface area (Å²) in [7, 11) is 0. The quantitative estimate of drug-likeness (QED) is 0.672. The van der Waals surface area contributed by atoms with E-state index >= 15 is 0 Å². The fourth-order valence-electron chi connectivity index (χ4n) is 4.06. The van der Waals surface area contributed by atoms with Crippen LogP contribution in [-0.2, 0) is 22.6 Å². The van der Waals surface area contributed by atoms with Gasteiger partial charge in [0.25, 0.3) is 0 Å². The maximum Gasteiger partial charge on any atom is 0.242 e. The standard InChI is InChI=1S/C25H31ClN2O2/c1-18-9-8-10-20(15-18)17-28(24(29)16-21-11-6-7-14-23(21)26)19(2)25(30)27-22-12-4-3-5-13-22/h6-11,14-15,19,22H,3-5,12-13,16-17H2,1-2H3,(H,27,30)/t19-/m1/s1. The summed E-state index contributed by atoms with van der Waals surface area (Å²) < 4.78 is 0. The highest BCUT2D eigenvalue weighted by molar-refractivity contribution is 6.31. The van der Waals surface area contributed by atoms with Crippen LogP contribution in [0, 0.1) is 6.92 Å². The predicted octanol–water partition coefficient (Wildman–Crippen LogP) is 5.06. The van der Waals surface area contributed by atoms with Gasteiger partial charge in [0.05, 0.1) is 6.42 Å². The lowest BCUT2D eigenvalue weighted by Gasteiger charge is -2.31. The molecule has 5 heteroatoms. The number of aryl methyl sites for hydroxylation is 1. The highest BCUT2D eigenvalue weighted by Gasteiger charge is 2.28. The van der Waals surface area contributed by atoms with Gasteiger partial charge in [0.15, 0.2) is 0 Å². The molecule has 0 saturated heterocycles. The van der Waals surface area contributed by atoms with Crippen molar-refractivity contribution in [2.24, 2.45) is 0 Å². The van der Waals surface area contributed by atoms with Gasteiger partial charge in [0, 0.05) is 17.6 Å². The van der Waals surface area contributed by atoms with Crippen LogP contribution in [0.3, 0.4) is 0 Å². The first-order valence-electron chi connectivity index (χ1n) is 10.8. The summed E-state index contributed by atoms with van der Waals surface area (Å²) in [5.74, 6) is -0.182. The van der Waals surface area contributed by atoms with Crippen LogP contribution in [0.4, 0.5) is 0 Å². The van der Waals surface area contributed by atoms with Gasteiger partial charge in [-0.15, -0.1) is 0 Å². The Hall–Kier alpha value is -2.33. The summed E-state index contributed by atoms with van der Waals surface area (Å²) in [5.41, 5.74) is 2.92. The molecule has 30 heavy (non-hydrogen) atoms. The lowest BCUT2D eigenvalue weighted by molar-refractivity contribution is -0.140. The smallest absolute Gasteiger partial charge is 0.242 e. The largest absolute Gasteiger partial charge is 0.352 e. The number of hydrogen-bond donors (Lipinski definition) is 1. The Morgan fingerprint density at radius 3 is 2.53 bits per heavy atom. The first-order valence-corrected chi connectivity index (χ1v) is 11.2.